The molecule has 6 heteroatoms. The van der Waals surface area contributed by atoms with Gasteiger partial charge in [0.25, 0.3) is 5.91 Å². The first-order valence-electron chi connectivity index (χ1n) is 6.63. The molecule has 0 aliphatic heterocycles. The molecule has 0 heterocycles. The van der Waals surface area contributed by atoms with Crippen molar-refractivity contribution in [1.29, 1.82) is 0 Å². The van der Waals surface area contributed by atoms with Gasteiger partial charge >= 0.3 is 0 Å². The van der Waals surface area contributed by atoms with Gasteiger partial charge in [0, 0.05) is 5.69 Å². The first-order valence-corrected chi connectivity index (χ1v) is 7.04. The molecule has 0 aliphatic carbocycles. The fraction of sp³-hybridized carbons (Fsp3) is 0.125. The number of rotatable bonds is 4. The monoisotopic (exact) mass is 316 g/mol. The highest BCUT2D eigenvalue weighted by atomic mass is 32.1. The summed E-state index contributed by atoms with van der Waals surface area (Å²) in [6.07, 6.45) is 0. The summed E-state index contributed by atoms with van der Waals surface area (Å²) in [5.41, 5.74) is 1.63. The van der Waals surface area contributed by atoms with E-state index in [0.29, 0.717) is 11.4 Å². The van der Waals surface area contributed by atoms with Crippen LogP contribution in [0.4, 0.5) is 5.69 Å². The molecule has 0 bridgehead atoms. The molecular weight excluding hydrogens is 300 g/mol. The second-order valence-electron chi connectivity index (χ2n) is 4.60. The number of phenols is 1. The van der Waals surface area contributed by atoms with Crippen molar-refractivity contribution in [2.24, 2.45) is 0 Å². The number of aryl methyl sites for hydroxylation is 1. The average Bonchev–Trinajstić information content (AvgIpc) is 2.49. The maximum Gasteiger partial charge on any atom is 0.264 e. The van der Waals surface area contributed by atoms with Crippen molar-refractivity contribution < 1.29 is 14.6 Å². The number of anilines is 1. The van der Waals surface area contributed by atoms with Crippen LogP contribution in [0.5, 0.6) is 11.5 Å². The van der Waals surface area contributed by atoms with Crippen LogP contribution in [0.15, 0.2) is 48.5 Å². The zero-order chi connectivity index (χ0) is 15.9. The van der Waals surface area contributed by atoms with Gasteiger partial charge < -0.3 is 15.2 Å². The molecule has 0 unspecified atom stereocenters. The maximum absolute atomic E-state index is 11.8. The Balaban J connectivity index is 1.80. The largest absolute Gasteiger partial charge is 0.508 e. The van der Waals surface area contributed by atoms with Crippen LogP contribution in [-0.4, -0.2) is 22.7 Å². The Labute approximate surface area is 133 Å². The summed E-state index contributed by atoms with van der Waals surface area (Å²) in [7, 11) is 0. The number of carbonyl (C=O) groups is 1. The van der Waals surface area contributed by atoms with Crippen LogP contribution < -0.4 is 15.4 Å². The zero-order valence-electron chi connectivity index (χ0n) is 12.0. The molecule has 0 fully saturated rings. The van der Waals surface area contributed by atoms with Gasteiger partial charge in [-0.3, -0.25) is 10.1 Å². The van der Waals surface area contributed by atoms with Crippen LogP contribution in [0.2, 0.25) is 0 Å². The fourth-order valence-corrected chi connectivity index (χ4v) is 1.96. The number of aromatic hydroxyl groups is 1. The standard InChI is InChI=1S/C16H16N2O3S/c1-11-4-2-3-5-14(11)21-10-15(20)18-16(22)17-12-6-8-13(19)9-7-12/h2-9,19H,10H2,1H3,(H2,17,18,20,22). The van der Waals surface area contributed by atoms with Crippen molar-refractivity contribution in [2.45, 2.75) is 6.92 Å². The number of carbonyl (C=O) groups excluding carboxylic acids is 1. The van der Waals surface area contributed by atoms with Crippen LogP contribution in [-0.2, 0) is 4.79 Å². The highest BCUT2D eigenvalue weighted by Gasteiger charge is 2.07. The number of benzene rings is 2. The van der Waals surface area contributed by atoms with E-state index in [1.807, 2.05) is 25.1 Å². The second kappa shape index (κ2) is 7.42. The van der Waals surface area contributed by atoms with E-state index < -0.39 is 0 Å². The predicted octanol–water partition coefficient (Wildman–Crippen LogP) is 2.59. The van der Waals surface area contributed by atoms with Gasteiger partial charge in [-0.2, -0.15) is 0 Å². The van der Waals surface area contributed by atoms with Gasteiger partial charge in [0.2, 0.25) is 0 Å². The SMILES string of the molecule is Cc1ccccc1OCC(=O)NC(=S)Nc1ccc(O)cc1. The van der Waals surface area contributed by atoms with Crippen molar-refractivity contribution in [1.82, 2.24) is 5.32 Å². The number of nitrogens with one attached hydrogen (secondary N) is 2. The molecule has 22 heavy (non-hydrogen) atoms. The van der Waals surface area contributed by atoms with Crippen molar-refractivity contribution in [2.75, 3.05) is 11.9 Å². The minimum absolute atomic E-state index is 0.123. The molecule has 2 aromatic carbocycles. The van der Waals surface area contributed by atoms with Crippen LogP contribution in [0, 0.1) is 6.92 Å². The van der Waals surface area contributed by atoms with Gasteiger partial charge in [-0.1, -0.05) is 18.2 Å². The van der Waals surface area contributed by atoms with Crippen molar-refractivity contribution >= 4 is 28.9 Å². The van der Waals surface area contributed by atoms with E-state index in [-0.39, 0.29) is 23.4 Å². The topological polar surface area (TPSA) is 70.6 Å². The minimum Gasteiger partial charge on any atom is -0.508 e. The Bertz CT molecular complexity index is 671. The molecule has 0 atom stereocenters. The van der Waals surface area contributed by atoms with Crippen molar-refractivity contribution in [3.05, 3.63) is 54.1 Å². The van der Waals surface area contributed by atoms with Crippen LogP contribution in [0.3, 0.4) is 0 Å². The number of para-hydroxylation sites is 1. The van der Waals surface area contributed by atoms with Gasteiger partial charge in [-0.25, -0.2) is 0 Å². The molecule has 1 amide bonds. The van der Waals surface area contributed by atoms with Crippen LogP contribution in [0.1, 0.15) is 5.56 Å². The molecule has 5 nitrogen and oxygen atoms in total. The first-order chi connectivity index (χ1) is 10.5. The van der Waals surface area contributed by atoms with E-state index in [0.717, 1.165) is 5.56 Å². The Morgan fingerprint density at radius 3 is 2.55 bits per heavy atom. The first kappa shape index (κ1) is 15.8. The third kappa shape index (κ3) is 4.75. The highest BCUT2D eigenvalue weighted by molar-refractivity contribution is 7.80. The lowest BCUT2D eigenvalue weighted by molar-refractivity contribution is -0.121. The van der Waals surface area contributed by atoms with E-state index in [9.17, 15) is 9.90 Å². The van der Waals surface area contributed by atoms with Gasteiger partial charge in [0.05, 0.1) is 0 Å². The summed E-state index contributed by atoms with van der Waals surface area (Å²) in [5, 5.41) is 14.7. The number of phenolic OH excluding ortho intramolecular Hbond substituents is 1. The number of ether oxygens (including phenoxy) is 1. The molecule has 2 aromatic rings. The molecule has 0 saturated heterocycles. The van der Waals surface area contributed by atoms with E-state index in [4.69, 9.17) is 17.0 Å². The molecule has 0 spiro atoms. The lowest BCUT2D eigenvalue weighted by Crippen LogP contribution is -2.37. The van der Waals surface area contributed by atoms with E-state index >= 15 is 0 Å². The summed E-state index contributed by atoms with van der Waals surface area (Å²) >= 11 is 5.04. The molecule has 0 radical (unpaired) electrons. The third-order valence-electron chi connectivity index (χ3n) is 2.83. The van der Waals surface area contributed by atoms with Gasteiger partial charge in [-0.15, -0.1) is 0 Å². The molecule has 0 aromatic heterocycles. The Kier molecular flexibility index (Phi) is 5.32. The van der Waals surface area contributed by atoms with E-state index in [2.05, 4.69) is 10.6 Å². The second-order valence-corrected chi connectivity index (χ2v) is 5.01. The van der Waals surface area contributed by atoms with Crippen molar-refractivity contribution in [3.63, 3.8) is 0 Å². The van der Waals surface area contributed by atoms with Gasteiger partial charge in [0.1, 0.15) is 11.5 Å². The lowest BCUT2D eigenvalue weighted by atomic mass is 10.2. The smallest absolute Gasteiger partial charge is 0.264 e. The van der Waals surface area contributed by atoms with Crippen LogP contribution >= 0.6 is 12.2 Å². The summed E-state index contributed by atoms with van der Waals surface area (Å²) < 4.78 is 5.43. The van der Waals surface area contributed by atoms with E-state index in [1.165, 1.54) is 12.1 Å². The minimum atomic E-state index is -0.348. The molecule has 2 rings (SSSR count). The Morgan fingerprint density at radius 1 is 1.18 bits per heavy atom. The maximum atomic E-state index is 11.8. The summed E-state index contributed by atoms with van der Waals surface area (Å²) in [4.78, 5) is 11.8. The Hall–Kier alpha value is -2.60. The quantitative estimate of drug-likeness (QED) is 0.597. The molecule has 0 saturated carbocycles. The van der Waals surface area contributed by atoms with Gasteiger partial charge in [0.15, 0.2) is 11.7 Å². The summed E-state index contributed by atoms with van der Waals surface area (Å²) in [5.74, 6) is 0.474. The number of amides is 1. The number of thiocarbonyl (C=S) groups is 1. The summed E-state index contributed by atoms with van der Waals surface area (Å²) in [6, 6.07) is 13.8. The molecule has 0 aliphatic rings. The normalized spacial score (nSPS) is 9.86. The highest BCUT2D eigenvalue weighted by Crippen LogP contribution is 2.16. The van der Waals surface area contributed by atoms with E-state index in [1.54, 1.807) is 18.2 Å². The number of hydrogen-bond acceptors (Lipinski definition) is 4. The zero-order valence-corrected chi connectivity index (χ0v) is 12.8. The van der Waals surface area contributed by atoms with Crippen LogP contribution in [0.25, 0.3) is 0 Å². The summed E-state index contributed by atoms with van der Waals surface area (Å²) in [6.45, 7) is 1.78. The lowest BCUT2D eigenvalue weighted by Gasteiger charge is -2.11. The fourth-order valence-electron chi connectivity index (χ4n) is 1.73. The Morgan fingerprint density at radius 2 is 1.86 bits per heavy atom. The molecular formula is C16H16N2O3S. The average molecular weight is 316 g/mol. The number of hydrogen-bond donors (Lipinski definition) is 3. The molecule has 114 valence electrons. The molecule has 3 N–H and O–H groups in total. The van der Waals surface area contributed by atoms with Gasteiger partial charge in [-0.05, 0) is 55.0 Å². The van der Waals surface area contributed by atoms with Crippen molar-refractivity contribution in [3.8, 4) is 11.5 Å². The third-order valence-corrected chi connectivity index (χ3v) is 3.03. The predicted molar refractivity (Wildman–Crippen MR) is 89.1 cm³/mol.